The van der Waals surface area contributed by atoms with Gasteiger partial charge in [-0.15, -0.1) is 16.6 Å². The Morgan fingerprint density at radius 1 is 1.57 bits per heavy atom. The molecule has 110 valence electrons. The average molecular weight is 284 g/mol. The summed E-state index contributed by atoms with van der Waals surface area (Å²) in [6.07, 6.45) is 12.9. The van der Waals surface area contributed by atoms with E-state index in [2.05, 4.69) is 22.7 Å². The lowest BCUT2D eigenvalue weighted by atomic mass is 9.94. The molecule has 0 radical (unpaired) electrons. The molecule has 1 aliphatic heterocycles. The van der Waals surface area contributed by atoms with Gasteiger partial charge in [0.25, 0.3) is 0 Å². The zero-order valence-corrected chi connectivity index (χ0v) is 12.3. The summed E-state index contributed by atoms with van der Waals surface area (Å²) < 4.78 is 1.95. The molecule has 2 rings (SSSR count). The summed E-state index contributed by atoms with van der Waals surface area (Å²) >= 11 is 0. The second kappa shape index (κ2) is 6.89. The van der Waals surface area contributed by atoms with Crippen LogP contribution in [-0.2, 0) is 18.3 Å². The van der Waals surface area contributed by atoms with Gasteiger partial charge in [-0.3, -0.25) is 4.79 Å². The molecule has 2 heterocycles. The molecule has 5 nitrogen and oxygen atoms in total. The molecule has 1 aromatic heterocycles. The summed E-state index contributed by atoms with van der Waals surface area (Å²) in [6, 6.07) is 0. The summed E-state index contributed by atoms with van der Waals surface area (Å²) in [6.45, 7) is 5.12. The number of nitrogens with zero attached hydrogens (tertiary/aromatic N) is 4. The normalized spacial score (nSPS) is 18.7. The third-order valence-corrected chi connectivity index (χ3v) is 3.80. The lowest BCUT2D eigenvalue weighted by molar-refractivity contribution is -0.127. The molecule has 1 amide bonds. The fraction of sp³-hybridized carbons (Fsp3) is 0.438. The van der Waals surface area contributed by atoms with E-state index in [9.17, 15) is 4.79 Å². The standard InChI is InChI=1S/C16H20N4O/c1-4-6-9-14-17-18-15(19(14)3)11-13-8-7-10-20(12-13)16(21)5-2/h1,5-6,9,13H,2,7-8,10-12H2,3H3/b9-6-. The third kappa shape index (κ3) is 3.60. The van der Waals surface area contributed by atoms with Crippen molar-refractivity contribution in [2.24, 2.45) is 13.0 Å². The van der Waals surface area contributed by atoms with Crippen molar-refractivity contribution in [3.8, 4) is 12.3 Å². The van der Waals surface area contributed by atoms with Crippen LogP contribution in [0.2, 0.25) is 0 Å². The molecule has 0 spiro atoms. The van der Waals surface area contributed by atoms with Gasteiger partial charge in [-0.25, -0.2) is 0 Å². The maximum Gasteiger partial charge on any atom is 0.245 e. The van der Waals surface area contributed by atoms with Gasteiger partial charge in [0.05, 0.1) is 0 Å². The Morgan fingerprint density at radius 2 is 2.38 bits per heavy atom. The van der Waals surface area contributed by atoms with E-state index in [1.807, 2.05) is 16.5 Å². The average Bonchev–Trinajstić information content (AvgIpc) is 2.85. The van der Waals surface area contributed by atoms with Crippen molar-refractivity contribution in [1.82, 2.24) is 19.7 Å². The van der Waals surface area contributed by atoms with Crippen LogP contribution in [0.5, 0.6) is 0 Å². The van der Waals surface area contributed by atoms with Gasteiger partial charge < -0.3 is 9.47 Å². The van der Waals surface area contributed by atoms with E-state index in [0.717, 1.165) is 44.0 Å². The highest BCUT2D eigenvalue weighted by Gasteiger charge is 2.24. The van der Waals surface area contributed by atoms with E-state index in [1.54, 1.807) is 12.2 Å². The Morgan fingerprint density at radius 3 is 3.10 bits per heavy atom. The minimum absolute atomic E-state index is 0.00954. The molecule has 0 saturated carbocycles. The number of hydrogen-bond acceptors (Lipinski definition) is 3. The molecule has 1 saturated heterocycles. The summed E-state index contributed by atoms with van der Waals surface area (Å²) in [5.74, 6) is 4.53. The molecule has 1 aromatic rings. The largest absolute Gasteiger partial charge is 0.339 e. The highest BCUT2D eigenvalue weighted by Crippen LogP contribution is 2.20. The minimum atomic E-state index is 0.00954. The van der Waals surface area contributed by atoms with Gasteiger partial charge >= 0.3 is 0 Å². The van der Waals surface area contributed by atoms with E-state index < -0.39 is 0 Å². The number of hydrogen-bond donors (Lipinski definition) is 0. The smallest absolute Gasteiger partial charge is 0.245 e. The van der Waals surface area contributed by atoms with E-state index in [1.165, 1.54) is 6.08 Å². The molecule has 0 aliphatic carbocycles. The molecule has 1 unspecified atom stereocenters. The van der Waals surface area contributed by atoms with E-state index in [0.29, 0.717) is 5.92 Å². The Labute approximate surface area is 125 Å². The topological polar surface area (TPSA) is 51.0 Å². The Balaban J connectivity index is 2.03. The number of piperidine rings is 1. The summed E-state index contributed by atoms with van der Waals surface area (Å²) in [4.78, 5) is 13.6. The van der Waals surface area contributed by atoms with Gasteiger partial charge in [0.2, 0.25) is 5.91 Å². The Hall–Kier alpha value is -2.35. The van der Waals surface area contributed by atoms with Crippen LogP contribution in [0.4, 0.5) is 0 Å². The quantitative estimate of drug-likeness (QED) is 0.621. The molecule has 1 atom stereocenters. The van der Waals surface area contributed by atoms with Crippen LogP contribution in [0.1, 0.15) is 24.5 Å². The van der Waals surface area contributed by atoms with Crippen LogP contribution in [-0.4, -0.2) is 38.7 Å². The number of amides is 1. The van der Waals surface area contributed by atoms with E-state index in [4.69, 9.17) is 6.42 Å². The van der Waals surface area contributed by atoms with Gasteiger partial charge in [-0.2, -0.15) is 0 Å². The highest BCUT2D eigenvalue weighted by atomic mass is 16.2. The fourth-order valence-corrected chi connectivity index (χ4v) is 2.64. The number of carbonyl (C=O) groups is 1. The zero-order valence-electron chi connectivity index (χ0n) is 12.3. The molecular weight excluding hydrogens is 264 g/mol. The molecular formula is C16H20N4O. The summed E-state index contributed by atoms with van der Waals surface area (Å²) in [5, 5.41) is 8.35. The van der Waals surface area contributed by atoms with Gasteiger partial charge in [-0.1, -0.05) is 12.5 Å². The summed E-state index contributed by atoms with van der Waals surface area (Å²) in [5.41, 5.74) is 0. The molecule has 0 aromatic carbocycles. The summed E-state index contributed by atoms with van der Waals surface area (Å²) in [7, 11) is 1.93. The second-order valence-electron chi connectivity index (χ2n) is 5.23. The monoisotopic (exact) mass is 284 g/mol. The lowest BCUT2D eigenvalue weighted by Gasteiger charge is -2.31. The van der Waals surface area contributed by atoms with Gasteiger partial charge in [0.1, 0.15) is 5.82 Å². The molecule has 0 N–H and O–H groups in total. The van der Waals surface area contributed by atoms with Crippen molar-refractivity contribution in [2.75, 3.05) is 13.1 Å². The van der Waals surface area contributed by atoms with Crippen LogP contribution in [0.3, 0.4) is 0 Å². The third-order valence-electron chi connectivity index (χ3n) is 3.80. The number of likely N-dealkylation sites (tertiary alicyclic amines) is 1. The zero-order chi connectivity index (χ0) is 15.2. The molecule has 21 heavy (non-hydrogen) atoms. The van der Waals surface area contributed by atoms with Crippen LogP contribution >= 0.6 is 0 Å². The van der Waals surface area contributed by atoms with Crippen molar-refractivity contribution in [1.29, 1.82) is 0 Å². The Bertz CT molecular complexity index is 594. The molecule has 0 bridgehead atoms. The predicted octanol–water partition coefficient (Wildman–Crippen LogP) is 1.43. The first kappa shape index (κ1) is 15.0. The fourth-order valence-electron chi connectivity index (χ4n) is 2.64. The van der Waals surface area contributed by atoms with Gasteiger partial charge in [-0.05, 0) is 37.0 Å². The number of carbonyl (C=O) groups excluding carboxylic acids is 1. The minimum Gasteiger partial charge on any atom is -0.339 e. The predicted molar refractivity (Wildman–Crippen MR) is 82.1 cm³/mol. The van der Waals surface area contributed by atoms with E-state index >= 15 is 0 Å². The number of allylic oxidation sites excluding steroid dienone is 1. The SMILES string of the molecule is C#C/C=C\c1nnc(CC2CCCN(C(=O)C=C)C2)n1C. The molecule has 1 aliphatic rings. The number of terminal acetylenes is 1. The van der Waals surface area contributed by atoms with Crippen molar-refractivity contribution >= 4 is 12.0 Å². The number of aromatic nitrogens is 3. The maximum absolute atomic E-state index is 11.7. The van der Waals surface area contributed by atoms with Crippen molar-refractivity contribution in [3.63, 3.8) is 0 Å². The van der Waals surface area contributed by atoms with E-state index in [-0.39, 0.29) is 5.91 Å². The first-order chi connectivity index (χ1) is 10.2. The van der Waals surface area contributed by atoms with Crippen molar-refractivity contribution in [3.05, 3.63) is 30.4 Å². The van der Waals surface area contributed by atoms with Crippen LogP contribution in [0.15, 0.2) is 18.7 Å². The first-order valence-electron chi connectivity index (χ1n) is 7.08. The van der Waals surface area contributed by atoms with Gasteiger partial charge in [0, 0.05) is 26.6 Å². The Kier molecular flexibility index (Phi) is 4.94. The van der Waals surface area contributed by atoms with Gasteiger partial charge in [0.15, 0.2) is 5.82 Å². The van der Waals surface area contributed by atoms with Crippen LogP contribution in [0.25, 0.3) is 6.08 Å². The number of rotatable bonds is 4. The highest BCUT2D eigenvalue weighted by molar-refractivity contribution is 5.87. The lowest BCUT2D eigenvalue weighted by Crippen LogP contribution is -2.39. The van der Waals surface area contributed by atoms with Crippen molar-refractivity contribution in [2.45, 2.75) is 19.3 Å². The van der Waals surface area contributed by atoms with Crippen molar-refractivity contribution < 1.29 is 4.79 Å². The van der Waals surface area contributed by atoms with Crippen LogP contribution < -0.4 is 0 Å². The maximum atomic E-state index is 11.7. The first-order valence-corrected chi connectivity index (χ1v) is 7.08. The molecule has 5 heteroatoms. The van der Waals surface area contributed by atoms with Crippen LogP contribution in [0, 0.1) is 18.3 Å². The molecule has 1 fully saturated rings. The second-order valence-corrected chi connectivity index (χ2v) is 5.23.